The van der Waals surface area contributed by atoms with E-state index in [1.807, 2.05) is 6.07 Å². The number of hydrogen-bond donors (Lipinski definition) is 2. The maximum absolute atomic E-state index is 14.4. The normalized spacial score (nSPS) is 18.4. The molecular formula is C17H27FN2O. The standard InChI is InChI=1S/C17H27FN2O/c1-2-10-19-13-14-6-3-9-16(18)17(14)20-11-4-7-15(20)8-5-12-21/h3,6,9,15,19,21H,2,4-5,7-8,10-13H2,1H3. The summed E-state index contributed by atoms with van der Waals surface area (Å²) >= 11 is 0. The molecule has 2 N–H and O–H groups in total. The fourth-order valence-corrected chi connectivity index (χ4v) is 3.18. The lowest BCUT2D eigenvalue weighted by atomic mass is 10.1. The van der Waals surface area contributed by atoms with Crippen molar-refractivity contribution in [3.05, 3.63) is 29.6 Å². The van der Waals surface area contributed by atoms with Gasteiger partial charge in [-0.15, -0.1) is 0 Å². The lowest BCUT2D eigenvalue weighted by Crippen LogP contribution is -2.31. The highest BCUT2D eigenvalue weighted by Crippen LogP contribution is 2.33. The van der Waals surface area contributed by atoms with E-state index in [0.717, 1.165) is 56.4 Å². The predicted octanol–water partition coefficient (Wildman–Crippen LogP) is 3.07. The van der Waals surface area contributed by atoms with Crippen molar-refractivity contribution in [2.45, 2.75) is 51.6 Å². The highest BCUT2D eigenvalue weighted by molar-refractivity contribution is 5.56. The number of hydrogen-bond acceptors (Lipinski definition) is 3. The molecule has 118 valence electrons. The quantitative estimate of drug-likeness (QED) is 0.723. The molecule has 1 aromatic carbocycles. The van der Waals surface area contributed by atoms with Crippen molar-refractivity contribution in [1.82, 2.24) is 5.32 Å². The van der Waals surface area contributed by atoms with Crippen LogP contribution in [0.4, 0.5) is 10.1 Å². The Morgan fingerprint density at radius 1 is 1.43 bits per heavy atom. The third-order valence-corrected chi connectivity index (χ3v) is 4.17. The Morgan fingerprint density at radius 3 is 3.05 bits per heavy atom. The first-order chi connectivity index (χ1) is 10.3. The van der Waals surface area contributed by atoms with Crippen molar-refractivity contribution >= 4 is 5.69 Å². The molecule has 0 radical (unpaired) electrons. The third-order valence-electron chi connectivity index (χ3n) is 4.17. The highest BCUT2D eigenvalue weighted by atomic mass is 19.1. The fourth-order valence-electron chi connectivity index (χ4n) is 3.18. The molecule has 1 heterocycles. The molecule has 1 fully saturated rings. The zero-order chi connectivity index (χ0) is 15.1. The minimum absolute atomic E-state index is 0.123. The number of anilines is 1. The molecule has 0 spiro atoms. The Balaban J connectivity index is 2.16. The highest BCUT2D eigenvalue weighted by Gasteiger charge is 2.27. The van der Waals surface area contributed by atoms with Gasteiger partial charge in [0.25, 0.3) is 0 Å². The minimum atomic E-state index is -0.123. The summed E-state index contributed by atoms with van der Waals surface area (Å²) < 4.78 is 14.4. The molecule has 1 unspecified atom stereocenters. The molecule has 1 saturated heterocycles. The van der Waals surface area contributed by atoms with Crippen molar-refractivity contribution in [3.63, 3.8) is 0 Å². The number of nitrogens with one attached hydrogen (secondary N) is 1. The molecule has 0 amide bonds. The van der Waals surface area contributed by atoms with Crippen LogP contribution in [0.15, 0.2) is 18.2 Å². The lowest BCUT2D eigenvalue weighted by molar-refractivity contribution is 0.279. The second-order valence-electron chi connectivity index (χ2n) is 5.78. The van der Waals surface area contributed by atoms with E-state index in [9.17, 15) is 4.39 Å². The van der Waals surface area contributed by atoms with E-state index in [4.69, 9.17) is 5.11 Å². The fraction of sp³-hybridized carbons (Fsp3) is 0.647. The molecule has 4 heteroatoms. The summed E-state index contributed by atoms with van der Waals surface area (Å²) in [6.07, 6.45) is 5.00. The van der Waals surface area contributed by atoms with Crippen LogP contribution in [0.1, 0.15) is 44.6 Å². The van der Waals surface area contributed by atoms with Gasteiger partial charge >= 0.3 is 0 Å². The Hall–Kier alpha value is -1.13. The van der Waals surface area contributed by atoms with E-state index in [2.05, 4.69) is 17.1 Å². The SMILES string of the molecule is CCCNCc1cccc(F)c1N1CCCC1CCCO. The van der Waals surface area contributed by atoms with E-state index < -0.39 is 0 Å². The topological polar surface area (TPSA) is 35.5 Å². The van der Waals surface area contributed by atoms with Crippen LogP contribution in [0.2, 0.25) is 0 Å². The van der Waals surface area contributed by atoms with Crippen LogP contribution >= 0.6 is 0 Å². The molecule has 0 aromatic heterocycles. The van der Waals surface area contributed by atoms with Gasteiger partial charge in [0.2, 0.25) is 0 Å². The van der Waals surface area contributed by atoms with Crippen LogP contribution in [-0.2, 0) is 6.54 Å². The number of nitrogens with zero attached hydrogens (tertiary/aromatic N) is 1. The maximum atomic E-state index is 14.4. The van der Waals surface area contributed by atoms with Gasteiger partial charge in [0, 0.05) is 25.7 Å². The van der Waals surface area contributed by atoms with Gasteiger partial charge in [-0.1, -0.05) is 19.1 Å². The minimum Gasteiger partial charge on any atom is -0.396 e. The molecule has 21 heavy (non-hydrogen) atoms. The summed E-state index contributed by atoms with van der Waals surface area (Å²) in [5.74, 6) is -0.123. The van der Waals surface area contributed by atoms with Gasteiger partial charge < -0.3 is 15.3 Å². The van der Waals surface area contributed by atoms with Crippen molar-refractivity contribution in [2.75, 3.05) is 24.6 Å². The van der Waals surface area contributed by atoms with Crippen LogP contribution in [0.25, 0.3) is 0 Å². The molecule has 1 aromatic rings. The van der Waals surface area contributed by atoms with Gasteiger partial charge in [-0.25, -0.2) is 4.39 Å². The van der Waals surface area contributed by atoms with Crippen LogP contribution < -0.4 is 10.2 Å². The molecule has 1 aliphatic heterocycles. The predicted molar refractivity (Wildman–Crippen MR) is 85.1 cm³/mol. The number of halogens is 1. The van der Waals surface area contributed by atoms with E-state index in [0.29, 0.717) is 12.6 Å². The Kier molecular flexibility index (Phi) is 6.46. The van der Waals surface area contributed by atoms with Crippen LogP contribution in [-0.4, -0.2) is 30.8 Å². The first-order valence-electron chi connectivity index (χ1n) is 8.13. The van der Waals surface area contributed by atoms with Gasteiger partial charge in [-0.3, -0.25) is 0 Å². The van der Waals surface area contributed by atoms with Crippen LogP contribution in [0.5, 0.6) is 0 Å². The van der Waals surface area contributed by atoms with Crippen molar-refractivity contribution in [2.24, 2.45) is 0 Å². The average Bonchev–Trinajstić information content (AvgIpc) is 2.93. The molecule has 0 saturated carbocycles. The Bertz CT molecular complexity index is 439. The average molecular weight is 294 g/mol. The second-order valence-corrected chi connectivity index (χ2v) is 5.78. The monoisotopic (exact) mass is 294 g/mol. The summed E-state index contributed by atoms with van der Waals surface area (Å²) in [7, 11) is 0. The maximum Gasteiger partial charge on any atom is 0.146 e. The molecular weight excluding hydrogens is 267 g/mol. The summed E-state index contributed by atoms with van der Waals surface area (Å²) in [4.78, 5) is 2.22. The number of para-hydroxylation sites is 1. The molecule has 2 rings (SSSR count). The van der Waals surface area contributed by atoms with Crippen molar-refractivity contribution in [3.8, 4) is 0 Å². The Labute approximate surface area is 127 Å². The van der Waals surface area contributed by atoms with Gasteiger partial charge in [0.05, 0.1) is 5.69 Å². The van der Waals surface area contributed by atoms with E-state index >= 15 is 0 Å². The second kappa shape index (κ2) is 8.35. The van der Waals surface area contributed by atoms with E-state index in [-0.39, 0.29) is 12.4 Å². The molecule has 0 bridgehead atoms. The van der Waals surface area contributed by atoms with Gasteiger partial charge in [0.15, 0.2) is 0 Å². The first-order valence-corrected chi connectivity index (χ1v) is 8.13. The van der Waals surface area contributed by atoms with Gasteiger partial charge in [0.1, 0.15) is 5.82 Å². The number of benzene rings is 1. The van der Waals surface area contributed by atoms with Gasteiger partial charge in [-0.05, 0) is 50.3 Å². The number of rotatable bonds is 8. The summed E-state index contributed by atoms with van der Waals surface area (Å²) in [6, 6.07) is 5.72. The summed E-state index contributed by atoms with van der Waals surface area (Å²) in [5, 5.41) is 12.4. The lowest BCUT2D eigenvalue weighted by Gasteiger charge is -2.29. The molecule has 3 nitrogen and oxygen atoms in total. The summed E-state index contributed by atoms with van der Waals surface area (Å²) in [6.45, 7) is 4.92. The van der Waals surface area contributed by atoms with Crippen molar-refractivity contribution < 1.29 is 9.50 Å². The molecule has 0 aliphatic carbocycles. The van der Waals surface area contributed by atoms with Crippen molar-refractivity contribution in [1.29, 1.82) is 0 Å². The first kappa shape index (κ1) is 16.2. The molecule has 1 atom stereocenters. The molecule has 1 aliphatic rings. The smallest absolute Gasteiger partial charge is 0.146 e. The zero-order valence-electron chi connectivity index (χ0n) is 12.9. The van der Waals surface area contributed by atoms with Crippen LogP contribution in [0, 0.1) is 5.82 Å². The number of aliphatic hydroxyl groups excluding tert-OH is 1. The zero-order valence-corrected chi connectivity index (χ0v) is 12.9. The van der Waals surface area contributed by atoms with Gasteiger partial charge in [-0.2, -0.15) is 0 Å². The third kappa shape index (κ3) is 4.17. The van der Waals surface area contributed by atoms with Crippen LogP contribution in [0.3, 0.4) is 0 Å². The van der Waals surface area contributed by atoms with E-state index in [1.165, 1.54) is 0 Å². The van der Waals surface area contributed by atoms with E-state index in [1.54, 1.807) is 12.1 Å². The summed E-state index contributed by atoms with van der Waals surface area (Å²) in [5.41, 5.74) is 1.81. The largest absolute Gasteiger partial charge is 0.396 e. The number of aliphatic hydroxyl groups is 1. The Morgan fingerprint density at radius 2 is 2.29 bits per heavy atom.